The summed E-state index contributed by atoms with van der Waals surface area (Å²) in [4.78, 5) is 16.9. The summed E-state index contributed by atoms with van der Waals surface area (Å²) in [6, 6.07) is 0.397. The average Bonchev–Trinajstić information content (AvgIpc) is 3.16. The van der Waals surface area contributed by atoms with Gasteiger partial charge in [0, 0.05) is 57.1 Å². The Morgan fingerprint density at radius 3 is 2.88 bits per heavy atom. The first-order valence-corrected chi connectivity index (χ1v) is 9.26. The summed E-state index contributed by atoms with van der Waals surface area (Å²) in [6.45, 7) is 9.68. The first kappa shape index (κ1) is 17.4. The molecule has 1 aromatic rings. The second-order valence-electron chi connectivity index (χ2n) is 7.27. The van der Waals surface area contributed by atoms with Crippen LogP contribution in [0.25, 0.3) is 0 Å². The van der Waals surface area contributed by atoms with Gasteiger partial charge in [0.05, 0.1) is 18.7 Å². The highest BCUT2D eigenvalue weighted by Gasteiger charge is 2.24. The Labute approximate surface area is 144 Å². The van der Waals surface area contributed by atoms with Crippen LogP contribution < -0.4 is 0 Å². The highest BCUT2D eigenvalue weighted by Crippen LogP contribution is 2.17. The largest absolute Gasteiger partial charge is 0.378 e. The molecular weight excluding hydrogens is 304 g/mol. The molecule has 1 amide bonds. The lowest BCUT2D eigenvalue weighted by Gasteiger charge is -2.23. The van der Waals surface area contributed by atoms with Gasteiger partial charge in [0.15, 0.2) is 0 Å². The highest BCUT2D eigenvalue weighted by atomic mass is 16.5. The first-order valence-electron chi connectivity index (χ1n) is 9.26. The van der Waals surface area contributed by atoms with Crippen molar-refractivity contribution in [1.82, 2.24) is 19.6 Å². The molecule has 0 spiro atoms. The Hall–Kier alpha value is -1.40. The minimum absolute atomic E-state index is 0.152. The zero-order chi connectivity index (χ0) is 16.9. The Bertz CT molecular complexity index is 537. The number of ether oxygens (including phenoxy) is 1. The lowest BCUT2D eigenvalue weighted by molar-refractivity contribution is -0.133. The third kappa shape index (κ3) is 4.57. The molecule has 24 heavy (non-hydrogen) atoms. The van der Waals surface area contributed by atoms with Gasteiger partial charge < -0.3 is 9.64 Å². The van der Waals surface area contributed by atoms with Gasteiger partial charge in [-0.1, -0.05) is 0 Å². The van der Waals surface area contributed by atoms with E-state index in [1.165, 1.54) is 5.56 Å². The standard InChI is InChI=1S/C18H30N4O2/c1-15(2)22-14-16(12-19-22)13-20-6-4-7-21(9-8-20)18(23)11-17-5-3-10-24-17/h12,14-15,17H,3-11,13H2,1-2H3. The summed E-state index contributed by atoms with van der Waals surface area (Å²) in [7, 11) is 0. The second-order valence-corrected chi connectivity index (χ2v) is 7.27. The van der Waals surface area contributed by atoms with Crippen LogP contribution in [-0.2, 0) is 16.1 Å². The monoisotopic (exact) mass is 334 g/mol. The summed E-state index contributed by atoms with van der Waals surface area (Å²) in [6.07, 6.45) is 7.97. The maximum atomic E-state index is 12.5. The van der Waals surface area contributed by atoms with Crippen LogP contribution in [0, 0.1) is 0 Å². The van der Waals surface area contributed by atoms with Crippen LogP contribution in [0.15, 0.2) is 12.4 Å². The van der Waals surface area contributed by atoms with Crippen LogP contribution in [0.2, 0.25) is 0 Å². The number of hydrogen-bond acceptors (Lipinski definition) is 4. The Morgan fingerprint density at radius 2 is 2.17 bits per heavy atom. The van der Waals surface area contributed by atoms with Crippen molar-refractivity contribution in [3.63, 3.8) is 0 Å². The molecule has 0 N–H and O–H groups in total. The second kappa shape index (κ2) is 8.12. The third-order valence-electron chi connectivity index (χ3n) is 4.96. The molecule has 3 rings (SSSR count). The fourth-order valence-electron chi connectivity index (χ4n) is 3.51. The fourth-order valence-corrected chi connectivity index (χ4v) is 3.51. The molecule has 1 unspecified atom stereocenters. The van der Waals surface area contributed by atoms with Gasteiger partial charge in [-0.3, -0.25) is 14.4 Å². The van der Waals surface area contributed by atoms with Crippen molar-refractivity contribution in [1.29, 1.82) is 0 Å². The van der Waals surface area contributed by atoms with Crippen LogP contribution in [0.5, 0.6) is 0 Å². The van der Waals surface area contributed by atoms with Crippen molar-refractivity contribution in [3.8, 4) is 0 Å². The summed E-state index contributed by atoms with van der Waals surface area (Å²) in [5.41, 5.74) is 1.25. The van der Waals surface area contributed by atoms with E-state index in [0.29, 0.717) is 12.5 Å². The predicted octanol–water partition coefficient (Wildman–Crippen LogP) is 2.07. The Balaban J connectivity index is 1.48. The molecular formula is C18H30N4O2. The number of carbonyl (C=O) groups excluding carboxylic acids is 1. The molecule has 2 aliphatic rings. The molecule has 134 valence electrons. The highest BCUT2D eigenvalue weighted by molar-refractivity contribution is 5.76. The Morgan fingerprint density at radius 1 is 1.29 bits per heavy atom. The summed E-state index contributed by atoms with van der Waals surface area (Å²) >= 11 is 0. The molecule has 0 aromatic carbocycles. The van der Waals surface area contributed by atoms with Crippen LogP contribution in [0.1, 0.15) is 51.1 Å². The normalized spacial score (nSPS) is 23.0. The van der Waals surface area contributed by atoms with E-state index in [4.69, 9.17) is 4.74 Å². The van der Waals surface area contributed by atoms with Crippen LogP contribution >= 0.6 is 0 Å². The van der Waals surface area contributed by atoms with Crippen molar-refractivity contribution in [3.05, 3.63) is 18.0 Å². The minimum Gasteiger partial charge on any atom is -0.378 e. The number of rotatable bonds is 5. The predicted molar refractivity (Wildman–Crippen MR) is 92.7 cm³/mol. The van der Waals surface area contributed by atoms with E-state index in [0.717, 1.165) is 58.6 Å². The number of hydrogen-bond donors (Lipinski definition) is 0. The van der Waals surface area contributed by atoms with Crippen molar-refractivity contribution in [2.24, 2.45) is 0 Å². The van der Waals surface area contributed by atoms with Crippen LogP contribution in [0.3, 0.4) is 0 Å². The summed E-state index contributed by atoms with van der Waals surface area (Å²) in [5.74, 6) is 0.261. The van der Waals surface area contributed by atoms with Gasteiger partial charge in [-0.25, -0.2) is 0 Å². The van der Waals surface area contributed by atoms with E-state index in [1.54, 1.807) is 0 Å². The molecule has 0 aliphatic carbocycles. The molecule has 1 atom stereocenters. The van der Waals surface area contributed by atoms with Gasteiger partial charge in [0.1, 0.15) is 0 Å². The topological polar surface area (TPSA) is 50.6 Å². The molecule has 2 saturated heterocycles. The Kier molecular flexibility index (Phi) is 5.89. The minimum atomic E-state index is 0.152. The van der Waals surface area contributed by atoms with E-state index >= 15 is 0 Å². The maximum Gasteiger partial charge on any atom is 0.225 e. The lowest BCUT2D eigenvalue weighted by Crippen LogP contribution is -2.36. The van der Waals surface area contributed by atoms with Crippen molar-refractivity contribution in [2.45, 2.75) is 58.2 Å². The van der Waals surface area contributed by atoms with E-state index in [9.17, 15) is 4.79 Å². The third-order valence-corrected chi connectivity index (χ3v) is 4.96. The van der Waals surface area contributed by atoms with E-state index in [-0.39, 0.29) is 12.0 Å². The van der Waals surface area contributed by atoms with Crippen molar-refractivity contribution >= 4 is 5.91 Å². The van der Waals surface area contributed by atoms with Gasteiger partial charge in [0.25, 0.3) is 0 Å². The van der Waals surface area contributed by atoms with E-state index < -0.39 is 0 Å². The maximum absolute atomic E-state index is 12.5. The lowest BCUT2D eigenvalue weighted by atomic mass is 10.1. The molecule has 0 radical (unpaired) electrons. The molecule has 0 bridgehead atoms. The molecule has 2 fully saturated rings. The van der Waals surface area contributed by atoms with Gasteiger partial charge in [-0.2, -0.15) is 5.10 Å². The van der Waals surface area contributed by atoms with Gasteiger partial charge in [-0.05, 0) is 33.1 Å². The molecule has 6 heteroatoms. The van der Waals surface area contributed by atoms with Crippen LogP contribution in [-0.4, -0.2) is 64.4 Å². The average molecular weight is 334 g/mol. The van der Waals surface area contributed by atoms with Gasteiger partial charge >= 0.3 is 0 Å². The SMILES string of the molecule is CC(C)n1cc(CN2CCCN(C(=O)CC3CCCO3)CC2)cn1. The molecule has 6 nitrogen and oxygen atoms in total. The number of nitrogens with zero attached hydrogens (tertiary/aromatic N) is 4. The van der Waals surface area contributed by atoms with Gasteiger partial charge in [-0.15, -0.1) is 0 Å². The molecule has 1 aromatic heterocycles. The number of aromatic nitrogens is 2. The van der Waals surface area contributed by atoms with Crippen LogP contribution in [0.4, 0.5) is 0 Å². The van der Waals surface area contributed by atoms with Gasteiger partial charge in [0.2, 0.25) is 5.91 Å². The number of carbonyl (C=O) groups is 1. The smallest absolute Gasteiger partial charge is 0.225 e. The molecule has 0 saturated carbocycles. The zero-order valence-electron chi connectivity index (χ0n) is 15.0. The summed E-state index contributed by atoms with van der Waals surface area (Å²) < 4.78 is 7.60. The van der Waals surface area contributed by atoms with E-state index in [1.807, 2.05) is 15.8 Å². The molecule has 2 aliphatic heterocycles. The zero-order valence-corrected chi connectivity index (χ0v) is 15.0. The number of amides is 1. The molecule has 3 heterocycles. The van der Waals surface area contributed by atoms with Crippen molar-refractivity contribution in [2.75, 3.05) is 32.8 Å². The fraction of sp³-hybridized carbons (Fsp3) is 0.778. The first-order chi connectivity index (χ1) is 11.6. The summed E-state index contributed by atoms with van der Waals surface area (Å²) in [5, 5.41) is 4.42. The quantitative estimate of drug-likeness (QED) is 0.827. The van der Waals surface area contributed by atoms with E-state index in [2.05, 4.69) is 30.0 Å². The van der Waals surface area contributed by atoms with Crippen molar-refractivity contribution < 1.29 is 9.53 Å².